The van der Waals surface area contributed by atoms with Crippen molar-refractivity contribution in [2.75, 3.05) is 0 Å². The fourth-order valence-electron chi connectivity index (χ4n) is 6.01. The first-order valence-electron chi connectivity index (χ1n) is 11.7. The van der Waals surface area contributed by atoms with E-state index in [2.05, 4.69) is 4.98 Å². The summed E-state index contributed by atoms with van der Waals surface area (Å²) in [5.41, 5.74) is 3.68. The van der Waals surface area contributed by atoms with Crippen molar-refractivity contribution in [3.8, 4) is 17.3 Å². The third-order valence-corrected chi connectivity index (χ3v) is 7.51. The van der Waals surface area contributed by atoms with Crippen LogP contribution < -0.4 is 0 Å². The van der Waals surface area contributed by atoms with Crippen LogP contribution in [0, 0.1) is 24.1 Å². The molecular formula is C28H21F4N3O. The number of nitriles is 1. The molecule has 0 radical (unpaired) electrons. The van der Waals surface area contributed by atoms with Crippen LogP contribution in [0.4, 0.5) is 17.6 Å². The normalized spacial score (nSPS) is 22.3. The van der Waals surface area contributed by atoms with E-state index in [0.29, 0.717) is 33.7 Å². The smallest absolute Gasteiger partial charge is 0.281 e. The van der Waals surface area contributed by atoms with Crippen LogP contribution in [-0.4, -0.2) is 20.4 Å². The van der Waals surface area contributed by atoms with Gasteiger partial charge in [0.25, 0.3) is 5.92 Å². The van der Waals surface area contributed by atoms with E-state index in [1.165, 1.54) is 0 Å². The van der Waals surface area contributed by atoms with Crippen LogP contribution in [0.2, 0.25) is 0 Å². The molecule has 8 heteroatoms. The Labute approximate surface area is 204 Å². The number of aryl methyl sites for hydroxylation is 1. The molecule has 2 aromatic carbocycles. The van der Waals surface area contributed by atoms with Crippen molar-refractivity contribution in [1.82, 2.24) is 9.38 Å². The molecule has 0 saturated carbocycles. The molecule has 0 saturated heterocycles. The molecule has 2 aromatic heterocycles. The van der Waals surface area contributed by atoms with Crippen molar-refractivity contribution in [2.24, 2.45) is 0 Å². The molecule has 6 rings (SSSR count). The van der Waals surface area contributed by atoms with Gasteiger partial charge in [-0.15, -0.1) is 0 Å². The van der Waals surface area contributed by atoms with Gasteiger partial charge in [0.05, 0.1) is 23.0 Å². The van der Waals surface area contributed by atoms with Crippen molar-refractivity contribution < 1.29 is 22.7 Å². The fraction of sp³-hybridized carbons (Fsp3) is 0.286. The summed E-state index contributed by atoms with van der Waals surface area (Å²) < 4.78 is 60.8. The SMILES string of the molecule is Cc1nc2ccccn2c1-c1ccc([C@H]2CC[C@H](F)c3cc(F)cc(C#N)c32)c2c1[C@H](O)C(F)(F)C2. The quantitative estimate of drug-likeness (QED) is 0.327. The standard InChI is InChI=1S/C28H21F4N3O/c1-14-26(35-9-3-2-4-23(35)34-14)19-6-5-17(21-12-28(31,32)27(36)25(19)21)18-7-8-22(30)20-11-16(29)10-15(13-33)24(18)20/h2-6,9-11,18,22,27,36H,7-8,12H2,1H3/t18-,22+,27+/m1/s1. The number of imidazole rings is 1. The number of nitrogens with zero attached hydrogens (tertiary/aromatic N) is 3. The van der Waals surface area contributed by atoms with Crippen LogP contribution >= 0.6 is 0 Å². The highest BCUT2D eigenvalue weighted by Crippen LogP contribution is 2.53. The molecular weight excluding hydrogens is 470 g/mol. The summed E-state index contributed by atoms with van der Waals surface area (Å²) in [6.07, 6.45) is -2.02. The zero-order chi connectivity index (χ0) is 25.4. The predicted molar refractivity (Wildman–Crippen MR) is 125 cm³/mol. The number of alkyl halides is 3. The van der Waals surface area contributed by atoms with Gasteiger partial charge >= 0.3 is 0 Å². The minimum absolute atomic E-state index is 0.00175. The number of pyridine rings is 1. The summed E-state index contributed by atoms with van der Waals surface area (Å²) in [7, 11) is 0. The van der Waals surface area contributed by atoms with Crippen LogP contribution in [0.3, 0.4) is 0 Å². The number of hydrogen-bond donors (Lipinski definition) is 1. The van der Waals surface area contributed by atoms with Crippen molar-refractivity contribution in [3.63, 3.8) is 0 Å². The Balaban J connectivity index is 1.61. The van der Waals surface area contributed by atoms with Gasteiger partial charge in [0.1, 0.15) is 23.7 Å². The van der Waals surface area contributed by atoms with Gasteiger partial charge in [-0.3, -0.25) is 4.40 Å². The van der Waals surface area contributed by atoms with Gasteiger partial charge in [-0.2, -0.15) is 5.26 Å². The van der Waals surface area contributed by atoms with Crippen molar-refractivity contribution in [3.05, 3.63) is 93.6 Å². The van der Waals surface area contributed by atoms with Crippen LogP contribution in [0.1, 0.15) is 70.1 Å². The summed E-state index contributed by atoms with van der Waals surface area (Å²) in [4.78, 5) is 4.54. The molecule has 0 spiro atoms. The minimum Gasteiger partial charge on any atom is -0.382 e. The van der Waals surface area contributed by atoms with Gasteiger partial charge in [-0.1, -0.05) is 18.2 Å². The number of aromatic nitrogens is 2. The Kier molecular flexibility index (Phi) is 4.99. The summed E-state index contributed by atoms with van der Waals surface area (Å²) in [5.74, 6) is -4.68. The number of benzene rings is 2. The average Bonchev–Trinajstić information content (AvgIpc) is 3.31. The highest BCUT2D eigenvalue weighted by Gasteiger charge is 2.50. The second kappa shape index (κ2) is 7.90. The molecule has 0 amide bonds. The molecule has 4 nitrogen and oxygen atoms in total. The third-order valence-electron chi connectivity index (χ3n) is 7.51. The monoisotopic (exact) mass is 491 g/mol. The van der Waals surface area contributed by atoms with Gasteiger partial charge in [0.15, 0.2) is 0 Å². The summed E-state index contributed by atoms with van der Waals surface area (Å²) in [6, 6.07) is 13.0. The van der Waals surface area contributed by atoms with Crippen molar-refractivity contribution in [2.45, 2.75) is 50.3 Å². The van der Waals surface area contributed by atoms with Crippen molar-refractivity contribution >= 4 is 5.65 Å². The number of aliphatic hydroxyl groups is 1. The van der Waals surface area contributed by atoms with Crippen LogP contribution in [0.15, 0.2) is 48.7 Å². The van der Waals surface area contributed by atoms with E-state index in [1.807, 2.05) is 24.3 Å². The molecule has 2 aliphatic carbocycles. The van der Waals surface area contributed by atoms with E-state index in [9.17, 15) is 19.1 Å². The third kappa shape index (κ3) is 3.19. The molecule has 182 valence electrons. The highest BCUT2D eigenvalue weighted by molar-refractivity contribution is 5.74. The molecule has 0 unspecified atom stereocenters. The van der Waals surface area contributed by atoms with Crippen LogP contribution in [0.25, 0.3) is 16.9 Å². The lowest BCUT2D eigenvalue weighted by molar-refractivity contribution is -0.0966. The maximum Gasteiger partial charge on any atom is 0.281 e. The molecule has 0 bridgehead atoms. The van der Waals surface area contributed by atoms with Crippen molar-refractivity contribution in [1.29, 1.82) is 5.26 Å². The topological polar surface area (TPSA) is 61.3 Å². The molecule has 1 N–H and O–H groups in total. The Morgan fingerprint density at radius 3 is 2.69 bits per heavy atom. The van der Waals surface area contributed by atoms with Gasteiger partial charge in [0.2, 0.25) is 0 Å². The lowest BCUT2D eigenvalue weighted by atomic mass is 9.74. The molecule has 2 aliphatic rings. The Hall–Kier alpha value is -3.70. The summed E-state index contributed by atoms with van der Waals surface area (Å²) >= 11 is 0. The first-order valence-corrected chi connectivity index (χ1v) is 11.7. The Morgan fingerprint density at radius 1 is 1.11 bits per heavy atom. The second-order valence-corrected chi connectivity index (χ2v) is 9.58. The molecule has 4 aromatic rings. The van der Waals surface area contributed by atoms with E-state index in [-0.39, 0.29) is 35.1 Å². The largest absolute Gasteiger partial charge is 0.382 e. The van der Waals surface area contributed by atoms with Gasteiger partial charge in [-0.25, -0.2) is 22.5 Å². The zero-order valence-electron chi connectivity index (χ0n) is 19.3. The highest BCUT2D eigenvalue weighted by atomic mass is 19.3. The Morgan fingerprint density at radius 2 is 1.92 bits per heavy atom. The molecule has 3 atom stereocenters. The minimum atomic E-state index is -3.40. The number of aliphatic hydroxyl groups excluding tert-OH is 1. The predicted octanol–water partition coefficient (Wildman–Crippen LogP) is 6.48. The fourth-order valence-corrected chi connectivity index (χ4v) is 6.01. The van der Waals surface area contributed by atoms with E-state index < -0.39 is 36.4 Å². The molecule has 0 aliphatic heterocycles. The van der Waals surface area contributed by atoms with Gasteiger partial charge in [0, 0.05) is 24.1 Å². The van der Waals surface area contributed by atoms with E-state index in [1.54, 1.807) is 29.7 Å². The molecule has 36 heavy (non-hydrogen) atoms. The number of fused-ring (bicyclic) bond motifs is 3. The molecule has 2 heterocycles. The number of halogens is 4. The summed E-state index contributed by atoms with van der Waals surface area (Å²) in [6.45, 7) is 1.79. The number of hydrogen-bond acceptors (Lipinski definition) is 3. The van der Waals surface area contributed by atoms with Crippen LogP contribution in [0.5, 0.6) is 0 Å². The lowest BCUT2D eigenvalue weighted by Crippen LogP contribution is -2.22. The van der Waals surface area contributed by atoms with Gasteiger partial charge < -0.3 is 5.11 Å². The first-order chi connectivity index (χ1) is 17.2. The van der Waals surface area contributed by atoms with Gasteiger partial charge in [-0.05, 0) is 71.8 Å². The first kappa shape index (κ1) is 22.7. The van der Waals surface area contributed by atoms with E-state index in [0.717, 1.165) is 12.1 Å². The summed E-state index contributed by atoms with van der Waals surface area (Å²) in [5, 5.41) is 20.5. The second-order valence-electron chi connectivity index (χ2n) is 9.58. The van der Waals surface area contributed by atoms with Crippen LogP contribution in [-0.2, 0) is 6.42 Å². The zero-order valence-corrected chi connectivity index (χ0v) is 19.3. The van der Waals surface area contributed by atoms with E-state index in [4.69, 9.17) is 0 Å². The van der Waals surface area contributed by atoms with E-state index >= 15 is 8.78 Å². The number of rotatable bonds is 2. The Bertz CT molecular complexity index is 1590. The average molecular weight is 491 g/mol. The molecule has 0 fully saturated rings. The lowest BCUT2D eigenvalue weighted by Gasteiger charge is -2.31. The maximum atomic E-state index is 15.0. The maximum absolute atomic E-state index is 15.0.